The molecular weight excluding hydrogens is 897 g/mol. The topological polar surface area (TPSA) is 197 Å². The van der Waals surface area contributed by atoms with E-state index in [1.807, 2.05) is 0 Å². The van der Waals surface area contributed by atoms with Gasteiger partial charge in [0, 0.05) is 73.9 Å². The number of nitrogens with one attached hydrogen (secondary N) is 1. The lowest BCUT2D eigenvalue weighted by Crippen LogP contribution is -2.51. The summed E-state index contributed by atoms with van der Waals surface area (Å²) in [6, 6.07) is 14.0. The molecule has 2 aromatic carbocycles. The van der Waals surface area contributed by atoms with Gasteiger partial charge in [0.25, 0.3) is 11.8 Å². The largest absolute Gasteiger partial charge is 0.415 e. The molecule has 340 valence electrons. The number of piperazine rings is 1. The van der Waals surface area contributed by atoms with Gasteiger partial charge in [-0.25, -0.2) is 8.78 Å². The van der Waals surface area contributed by atoms with Gasteiger partial charge in [-0.15, -0.1) is 20.4 Å². The molecule has 0 saturated carbocycles. The lowest BCUT2D eigenvalue weighted by molar-refractivity contribution is 0.115. The van der Waals surface area contributed by atoms with Gasteiger partial charge in [0.2, 0.25) is 11.8 Å². The van der Waals surface area contributed by atoms with Crippen molar-refractivity contribution in [2.45, 2.75) is 45.2 Å². The molecule has 6 heterocycles. The van der Waals surface area contributed by atoms with Crippen LogP contribution in [0.4, 0.5) is 37.7 Å². The van der Waals surface area contributed by atoms with Crippen LogP contribution in [0.5, 0.6) is 0 Å². The van der Waals surface area contributed by atoms with Crippen LogP contribution in [-0.4, -0.2) is 95.1 Å². The number of rotatable bonds is 14. The number of nitrogens with zero attached hydrogens (tertiary/aromatic N) is 10. The van der Waals surface area contributed by atoms with Gasteiger partial charge < -0.3 is 14.2 Å². The molecule has 0 bridgehead atoms. The highest BCUT2D eigenvalue weighted by Crippen LogP contribution is 2.30. The van der Waals surface area contributed by atoms with Gasteiger partial charge in [0.15, 0.2) is 0 Å². The Labute approximate surface area is 363 Å². The first-order chi connectivity index (χ1) is 30.7. The Morgan fingerprint density at radius 1 is 0.609 bits per heavy atom. The minimum absolute atomic E-state index is 0.0740. The number of anilines is 2. The minimum atomic E-state index is -3.96. The first kappa shape index (κ1) is 46.0. The molecule has 2 fully saturated rings. The van der Waals surface area contributed by atoms with Crippen LogP contribution in [0.25, 0.3) is 22.9 Å². The lowest BCUT2D eigenvalue weighted by atomic mass is 10.1. The smallest absolute Gasteiger partial charge is 0.314 e. The van der Waals surface area contributed by atoms with Crippen LogP contribution in [0.1, 0.15) is 55.0 Å². The minimum Gasteiger partial charge on any atom is -0.415 e. The zero-order chi connectivity index (χ0) is 45.4. The monoisotopic (exact) mass is 935 g/mol. The van der Waals surface area contributed by atoms with Crippen LogP contribution in [0.15, 0.2) is 94.3 Å². The fourth-order valence-corrected chi connectivity index (χ4v) is 9.94. The normalized spacial score (nSPS) is 15.2. The highest BCUT2D eigenvalue weighted by Gasteiger charge is 2.34. The number of piperidine rings is 1. The van der Waals surface area contributed by atoms with Gasteiger partial charge in [-0.05, 0) is 61.4 Å². The summed E-state index contributed by atoms with van der Waals surface area (Å²) < 4.78 is 148. The van der Waals surface area contributed by atoms with Crippen LogP contribution in [-0.2, 0) is 33.5 Å². The summed E-state index contributed by atoms with van der Waals surface area (Å²) in [4.78, 5) is 7.97. The van der Waals surface area contributed by atoms with E-state index in [1.165, 1.54) is 57.7 Å². The van der Waals surface area contributed by atoms with Crippen LogP contribution < -0.4 is 13.9 Å². The van der Waals surface area contributed by atoms with Crippen molar-refractivity contribution in [1.82, 2.24) is 44.3 Å². The van der Waals surface area contributed by atoms with E-state index in [0.29, 0.717) is 31.9 Å². The predicted molar refractivity (Wildman–Crippen MR) is 218 cm³/mol. The van der Waals surface area contributed by atoms with E-state index in [1.54, 1.807) is 24.3 Å². The van der Waals surface area contributed by atoms with Crippen molar-refractivity contribution in [3.05, 3.63) is 120 Å². The molecule has 2 aliphatic heterocycles. The Balaban J connectivity index is 0.000000191. The van der Waals surface area contributed by atoms with E-state index >= 15 is 0 Å². The summed E-state index contributed by atoms with van der Waals surface area (Å²) in [5, 5.41) is 16.5. The number of alkyl halides is 4. The van der Waals surface area contributed by atoms with Crippen LogP contribution in [0, 0.1) is 11.6 Å². The van der Waals surface area contributed by atoms with E-state index in [2.05, 4.69) is 35.7 Å². The Morgan fingerprint density at radius 2 is 1.05 bits per heavy atom. The van der Waals surface area contributed by atoms with Crippen LogP contribution in [0.2, 0.25) is 0 Å². The molecule has 25 heteroatoms. The standard InChI is InChI=1S/C20H20F3N5O3S.C19H19F3N6O3S/c21-17-11-14(19-25-26-20(31-19)18(22)23)6-7-15(17)13-28(16-5-4-8-24-12-16)32(29,30)27-9-2-1-3-10-27;20-16-10-13(18-25-26-19(31-18)17(21)22)3-4-14(16)12-28(15-2-1-5-24-11-15)32(29,30)27-8-6-23-7-9-27/h4-8,11-12,18H,1-3,9-10,13H2;1-5,10-11,17,23H,6-9,12H2. The summed E-state index contributed by atoms with van der Waals surface area (Å²) in [6.45, 7) is 1.80. The van der Waals surface area contributed by atoms with Gasteiger partial charge in [0.1, 0.15) is 11.6 Å². The van der Waals surface area contributed by atoms with Crippen molar-refractivity contribution in [1.29, 1.82) is 0 Å². The molecule has 0 spiro atoms. The van der Waals surface area contributed by atoms with Crippen molar-refractivity contribution >= 4 is 31.8 Å². The predicted octanol–water partition coefficient (Wildman–Crippen LogP) is 6.31. The van der Waals surface area contributed by atoms with Crippen molar-refractivity contribution in [3.63, 3.8) is 0 Å². The molecule has 1 N–H and O–H groups in total. The molecule has 8 rings (SSSR count). The molecule has 0 unspecified atom stereocenters. The lowest BCUT2D eigenvalue weighted by Gasteiger charge is -2.33. The molecule has 64 heavy (non-hydrogen) atoms. The fraction of sp³-hybridized carbons (Fsp3) is 0.333. The summed E-state index contributed by atoms with van der Waals surface area (Å²) in [5.41, 5.74) is 0.964. The summed E-state index contributed by atoms with van der Waals surface area (Å²) >= 11 is 0. The van der Waals surface area contributed by atoms with Gasteiger partial charge >= 0.3 is 33.3 Å². The summed E-state index contributed by atoms with van der Waals surface area (Å²) in [7, 11) is -7.89. The molecule has 0 radical (unpaired) electrons. The average molecular weight is 936 g/mol. The van der Waals surface area contributed by atoms with E-state index < -0.39 is 56.7 Å². The Bertz CT molecular complexity index is 2520. The van der Waals surface area contributed by atoms with Crippen LogP contribution >= 0.6 is 0 Å². The maximum Gasteiger partial charge on any atom is 0.314 e. The number of benzene rings is 2. The molecule has 0 amide bonds. The van der Waals surface area contributed by atoms with Crippen molar-refractivity contribution in [2.75, 3.05) is 47.9 Å². The zero-order valence-corrected chi connectivity index (χ0v) is 35.2. The first-order valence-electron chi connectivity index (χ1n) is 19.6. The molecule has 2 aliphatic rings. The number of pyridine rings is 2. The van der Waals surface area contributed by atoms with E-state index in [-0.39, 0.29) is 65.9 Å². The second-order valence-electron chi connectivity index (χ2n) is 14.2. The molecule has 6 aromatic rings. The fourth-order valence-electron chi connectivity index (χ4n) is 6.67. The average Bonchev–Trinajstić information content (AvgIpc) is 4.02. The quantitative estimate of drug-likeness (QED) is 0.119. The molecular formula is C39H39F6N11O6S2. The van der Waals surface area contributed by atoms with Crippen molar-refractivity contribution < 1.29 is 52.0 Å². The summed E-state index contributed by atoms with van der Waals surface area (Å²) in [6.07, 6.45) is 2.40. The number of halogens is 6. The van der Waals surface area contributed by atoms with Crippen molar-refractivity contribution in [3.8, 4) is 22.9 Å². The zero-order valence-electron chi connectivity index (χ0n) is 33.5. The molecule has 4 aromatic heterocycles. The number of aromatic nitrogens is 6. The first-order valence-corrected chi connectivity index (χ1v) is 22.4. The van der Waals surface area contributed by atoms with Gasteiger partial charge in [0.05, 0.1) is 36.9 Å². The van der Waals surface area contributed by atoms with Crippen LogP contribution in [0.3, 0.4) is 0 Å². The Morgan fingerprint density at radius 3 is 1.42 bits per heavy atom. The second kappa shape index (κ2) is 20.2. The Hall–Kier alpha value is -6.02. The Kier molecular flexibility index (Phi) is 14.5. The highest BCUT2D eigenvalue weighted by atomic mass is 32.2. The SMILES string of the molecule is O=S(=O)(N1CCCCC1)N(Cc1ccc(-c2nnc(C(F)F)o2)cc1F)c1cccnc1.O=S(=O)(N1CCNCC1)N(Cc1ccc(-c2nnc(C(F)F)o2)cc1F)c1cccnc1. The molecule has 2 saturated heterocycles. The third-order valence-corrected chi connectivity index (χ3v) is 13.8. The van der Waals surface area contributed by atoms with E-state index in [0.717, 1.165) is 40.0 Å². The van der Waals surface area contributed by atoms with Gasteiger partial charge in [-0.2, -0.15) is 43.0 Å². The number of hydrogen-bond donors (Lipinski definition) is 1. The van der Waals surface area contributed by atoms with Gasteiger partial charge in [-0.3, -0.25) is 18.6 Å². The number of hydrogen-bond acceptors (Lipinski definition) is 13. The van der Waals surface area contributed by atoms with E-state index in [9.17, 15) is 43.2 Å². The third-order valence-electron chi connectivity index (χ3n) is 9.95. The molecule has 0 atom stereocenters. The molecule has 0 aliphatic carbocycles. The third kappa shape index (κ3) is 10.7. The summed E-state index contributed by atoms with van der Waals surface area (Å²) in [5.74, 6) is -3.72. The van der Waals surface area contributed by atoms with Crippen molar-refractivity contribution in [2.24, 2.45) is 0 Å². The maximum atomic E-state index is 14.9. The maximum absolute atomic E-state index is 14.9. The van der Waals surface area contributed by atoms with E-state index in [4.69, 9.17) is 8.83 Å². The molecule has 17 nitrogen and oxygen atoms in total. The van der Waals surface area contributed by atoms with Gasteiger partial charge in [-0.1, -0.05) is 18.6 Å². The second-order valence-corrected chi connectivity index (χ2v) is 17.9. The highest BCUT2D eigenvalue weighted by molar-refractivity contribution is 7.90.